The van der Waals surface area contributed by atoms with Crippen LogP contribution >= 0.6 is 35.3 Å². The standard InChI is InChI=1S/C17H29N5S.HI/c18-16(20-14-7-3-1-2-4-8-14)19-10-9-15-13-23-17(21-15)22-11-5-6-12-22;/h13-14H,1-12H2,(H3,18,19,20);1H. The third-order valence-corrected chi connectivity index (χ3v) is 5.72. The van der Waals surface area contributed by atoms with Gasteiger partial charge in [0, 0.05) is 37.5 Å². The Labute approximate surface area is 166 Å². The molecule has 24 heavy (non-hydrogen) atoms. The molecule has 7 heteroatoms. The summed E-state index contributed by atoms with van der Waals surface area (Å²) in [5.41, 5.74) is 7.18. The van der Waals surface area contributed by atoms with Gasteiger partial charge in [-0.2, -0.15) is 0 Å². The molecule has 0 radical (unpaired) electrons. The third-order valence-electron chi connectivity index (χ3n) is 4.77. The van der Waals surface area contributed by atoms with Crippen LogP contribution in [0.5, 0.6) is 0 Å². The average molecular weight is 463 g/mol. The third kappa shape index (κ3) is 6.06. The Bertz CT molecular complexity index is 505. The van der Waals surface area contributed by atoms with Crippen molar-refractivity contribution in [1.29, 1.82) is 0 Å². The normalized spacial score (nSPS) is 19.8. The molecule has 1 aromatic rings. The van der Waals surface area contributed by atoms with Crippen LogP contribution in [0.15, 0.2) is 10.4 Å². The molecule has 2 heterocycles. The van der Waals surface area contributed by atoms with Crippen LogP contribution < -0.4 is 16.0 Å². The Hall–Kier alpha value is -0.570. The van der Waals surface area contributed by atoms with E-state index in [4.69, 9.17) is 10.7 Å². The van der Waals surface area contributed by atoms with Crippen molar-refractivity contribution in [3.63, 3.8) is 0 Å². The highest BCUT2D eigenvalue weighted by Gasteiger charge is 2.15. The molecule has 5 nitrogen and oxygen atoms in total. The molecule has 0 amide bonds. The van der Waals surface area contributed by atoms with Gasteiger partial charge in [-0.1, -0.05) is 25.7 Å². The first-order valence-electron chi connectivity index (χ1n) is 9.07. The SMILES string of the molecule is I.NC(=NCCc1csc(N2CCCC2)n1)NC1CCCCCC1. The van der Waals surface area contributed by atoms with Crippen molar-refractivity contribution in [1.82, 2.24) is 10.3 Å². The second kappa shape index (κ2) is 10.4. The fraction of sp³-hybridized carbons (Fsp3) is 0.765. The number of guanidine groups is 1. The second-order valence-corrected chi connectivity index (χ2v) is 7.50. The summed E-state index contributed by atoms with van der Waals surface area (Å²) in [6, 6.07) is 0.516. The maximum absolute atomic E-state index is 6.04. The Morgan fingerprint density at radius 3 is 2.62 bits per heavy atom. The van der Waals surface area contributed by atoms with Crippen molar-refractivity contribution in [2.45, 2.75) is 63.8 Å². The van der Waals surface area contributed by atoms with E-state index in [1.54, 1.807) is 11.3 Å². The fourth-order valence-corrected chi connectivity index (χ4v) is 4.35. The lowest BCUT2D eigenvalue weighted by atomic mass is 10.1. The van der Waals surface area contributed by atoms with Crippen molar-refractivity contribution >= 4 is 46.4 Å². The predicted octanol–water partition coefficient (Wildman–Crippen LogP) is 3.53. The molecule has 1 saturated heterocycles. The summed E-state index contributed by atoms with van der Waals surface area (Å²) in [5.74, 6) is 0.604. The van der Waals surface area contributed by atoms with Crippen molar-refractivity contribution in [3.8, 4) is 0 Å². The van der Waals surface area contributed by atoms with E-state index in [1.807, 2.05) is 0 Å². The van der Waals surface area contributed by atoms with Gasteiger partial charge in [0.15, 0.2) is 11.1 Å². The number of rotatable bonds is 5. The van der Waals surface area contributed by atoms with E-state index >= 15 is 0 Å². The molecule has 3 rings (SSSR count). The minimum Gasteiger partial charge on any atom is -0.370 e. The van der Waals surface area contributed by atoms with Crippen LogP contribution in [0.1, 0.15) is 57.1 Å². The molecule has 0 atom stereocenters. The Morgan fingerprint density at radius 1 is 1.21 bits per heavy atom. The van der Waals surface area contributed by atoms with E-state index in [-0.39, 0.29) is 24.0 Å². The summed E-state index contributed by atoms with van der Waals surface area (Å²) in [7, 11) is 0. The number of halogens is 1. The Kier molecular flexibility index (Phi) is 8.58. The first-order valence-corrected chi connectivity index (χ1v) is 9.95. The van der Waals surface area contributed by atoms with Gasteiger partial charge < -0.3 is 16.0 Å². The molecule has 136 valence electrons. The number of hydrogen-bond acceptors (Lipinski definition) is 4. The zero-order valence-corrected chi connectivity index (χ0v) is 17.5. The van der Waals surface area contributed by atoms with Gasteiger partial charge in [-0.15, -0.1) is 35.3 Å². The number of nitrogens with zero attached hydrogens (tertiary/aromatic N) is 3. The zero-order chi connectivity index (χ0) is 15.9. The fourth-order valence-electron chi connectivity index (χ4n) is 3.43. The maximum Gasteiger partial charge on any atom is 0.188 e. The number of nitrogens with two attached hydrogens (primary N) is 1. The van der Waals surface area contributed by atoms with Crippen LogP contribution in [0.2, 0.25) is 0 Å². The van der Waals surface area contributed by atoms with Gasteiger partial charge in [0.2, 0.25) is 0 Å². The van der Waals surface area contributed by atoms with Gasteiger partial charge in [-0.25, -0.2) is 4.98 Å². The zero-order valence-electron chi connectivity index (χ0n) is 14.4. The van der Waals surface area contributed by atoms with Gasteiger partial charge in [0.25, 0.3) is 0 Å². The second-order valence-electron chi connectivity index (χ2n) is 6.67. The van der Waals surface area contributed by atoms with Crippen molar-refractivity contribution in [2.24, 2.45) is 10.7 Å². The van der Waals surface area contributed by atoms with E-state index in [0.29, 0.717) is 18.5 Å². The van der Waals surface area contributed by atoms with E-state index in [2.05, 4.69) is 20.6 Å². The molecule has 1 aliphatic carbocycles. The quantitative estimate of drug-likeness (QED) is 0.304. The van der Waals surface area contributed by atoms with E-state index in [0.717, 1.165) is 25.2 Å². The van der Waals surface area contributed by atoms with E-state index < -0.39 is 0 Å². The first kappa shape index (κ1) is 19.8. The monoisotopic (exact) mass is 463 g/mol. The average Bonchev–Trinajstić information content (AvgIpc) is 3.16. The van der Waals surface area contributed by atoms with Gasteiger partial charge >= 0.3 is 0 Å². The molecule has 2 aliphatic rings. The highest BCUT2D eigenvalue weighted by Crippen LogP contribution is 2.24. The minimum atomic E-state index is 0. The summed E-state index contributed by atoms with van der Waals surface area (Å²) >= 11 is 1.76. The summed E-state index contributed by atoms with van der Waals surface area (Å²) in [4.78, 5) is 11.6. The molecule has 0 aromatic carbocycles. The van der Waals surface area contributed by atoms with Crippen molar-refractivity contribution in [2.75, 3.05) is 24.5 Å². The maximum atomic E-state index is 6.04. The van der Waals surface area contributed by atoms with Crippen LogP contribution in [-0.4, -0.2) is 36.6 Å². The van der Waals surface area contributed by atoms with Crippen molar-refractivity contribution in [3.05, 3.63) is 11.1 Å². The number of aliphatic imine (C=N–C) groups is 1. The van der Waals surface area contributed by atoms with Crippen LogP contribution in [0.3, 0.4) is 0 Å². The topological polar surface area (TPSA) is 66.5 Å². The summed E-state index contributed by atoms with van der Waals surface area (Å²) < 4.78 is 0. The molecule has 0 unspecified atom stereocenters. The molecule has 3 N–H and O–H groups in total. The lowest BCUT2D eigenvalue weighted by Crippen LogP contribution is -2.40. The highest BCUT2D eigenvalue weighted by molar-refractivity contribution is 14.0. The van der Waals surface area contributed by atoms with Gasteiger partial charge in [0.05, 0.1) is 5.69 Å². The van der Waals surface area contributed by atoms with Gasteiger partial charge in [-0.05, 0) is 25.7 Å². The smallest absolute Gasteiger partial charge is 0.188 e. The van der Waals surface area contributed by atoms with Crippen LogP contribution in [0.25, 0.3) is 0 Å². The Balaban J connectivity index is 0.00000208. The molecule has 0 spiro atoms. The summed E-state index contributed by atoms with van der Waals surface area (Å²) in [6.45, 7) is 3.03. The van der Waals surface area contributed by atoms with Crippen molar-refractivity contribution < 1.29 is 0 Å². The molecular weight excluding hydrogens is 433 g/mol. The van der Waals surface area contributed by atoms with E-state index in [1.165, 1.54) is 56.5 Å². The van der Waals surface area contributed by atoms with Crippen LogP contribution in [0, 0.1) is 0 Å². The number of aromatic nitrogens is 1. The predicted molar refractivity (Wildman–Crippen MR) is 114 cm³/mol. The van der Waals surface area contributed by atoms with E-state index in [9.17, 15) is 0 Å². The number of hydrogen-bond donors (Lipinski definition) is 2. The summed E-state index contributed by atoms with van der Waals surface area (Å²) in [5, 5.41) is 6.73. The van der Waals surface area contributed by atoms with Gasteiger partial charge in [-0.3, -0.25) is 4.99 Å². The molecular formula is C17H30IN5S. The molecule has 1 aliphatic heterocycles. The largest absolute Gasteiger partial charge is 0.370 e. The molecule has 1 aromatic heterocycles. The highest BCUT2D eigenvalue weighted by atomic mass is 127. The first-order chi connectivity index (χ1) is 11.3. The number of nitrogens with one attached hydrogen (secondary N) is 1. The lowest BCUT2D eigenvalue weighted by Gasteiger charge is -2.16. The molecule has 2 fully saturated rings. The molecule has 0 bridgehead atoms. The number of anilines is 1. The van der Waals surface area contributed by atoms with Crippen LogP contribution in [-0.2, 0) is 6.42 Å². The number of thiazole rings is 1. The van der Waals surface area contributed by atoms with Gasteiger partial charge in [0.1, 0.15) is 0 Å². The molecule has 1 saturated carbocycles. The van der Waals surface area contributed by atoms with Crippen LogP contribution in [0.4, 0.5) is 5.13 Å². The summed E-state index contributed by atoms with van der Waals surface area (Å²) in [6.07, 6.45) is 11.2. The minimum absolute atomic E-state index is 0. The lowest BCUT2D eigenvalue weighted by molar-refractivity contribution is 0.530. The Morgan fingerprint density at radius 2 is 1.92 bits per heavy atom.